The molecule has 1 aromatic heterocycles. The van der Waals surface area contributed by atoms with Gasteiger partial charge < -0.3 is 9.67 Å². The Hall–Kier alpha value is -1.77. The maximum atomic E-state index is 11.6. The SMILES string of the molecule is CC(C)c1cc(O)cc2ccc(=O)n(C)c12. The van der Waals surface area contributed by atoms with E-state index >= 15 is 0 Å². The summed E-state index contributed by atoms with van der Waals surface area (Å²) in [5, 5.41) is 10.5. The van der Waals surface area contributed by atoms with Crippen LogP contribution in [0.3, 0.4) is 0 Å². The van der Waals surface area contributed by atoms with Gasteiger partial charge in [-0.1, -0.05) is 13.8 Å². The summed E-state index contributed by atoms with van der Waals surface area (Å²) >= 11 is 0. The average molecular weight is 217 g/mol. The highest BCUT2D eigenvalue weighted by Crippen LogP contribution is 2.28. The minimum Gasteiger partial charge on any atom is -0.508 e. The first-order valence-corrected chi connectivity index (χ1v) is 5.33. The second-order valence-corrected chi connectivity index (χ2v) is 4.36. The molecule has 0 aliphatic heterocycles. The first-order chi connectivity index (χ1) is 7.50. The predicted octanol–water partition coefficient (Wildman–Crippen LogP) is 2.37. The number of nitrogens with zero attached hydrogens (tertiary/aromatic N) is 1. The predicted molar refractivity (Wildman–Crippen MR) is 64.9 cm³/mol. The molecule has 0 atom stereocenters. The summed E-state index contributed by atoms with van der Waals surface area (Å²) in [5.74, 6) is 0.512. The van der Waals surface area contributed by atoms with Crippen LogP contribution in [0.15, 0.2) is 29.1 Å². The van der Waals surface area contributed by atoms with E-state index in [1.54, 1.807) is 29.8 Å². The van der Waals surface area contributed by atoms with Crippen molar-refractivity contribution in [2.75, 3.05) is 0 Å². The van der Waals surface area contributed by atoms with Gasteiger partial charge in [0.1, 0.15) is 5.75 Å². The molecule has 2 rings (SSSR count). The largest absolute Gasteiger partial charge is 0.508 e. The zero-order chi connectivity index (χ0) is 11.9. The fourth-order valence-corrected chi connectivity index (χ4v) is 2.00. The highest BCUT2D eigenvalue weighted by molar-refractivity contribution is 5.84. The van der Waals surface area contributed by atoms with E-state index < -0.39 is 0 Å². The quantitative estimate of drug-likeness (QED) is 0.796. The van der Waals surface area contributed by atoms with Gasteiger partial charge >= 0.3 is 0 Å². The number of phenolic OH excluding ortho intramolecular Hbond substituents is 1. The number of phenols is 1. The second kappa shape index (κ2) is 3.67. The van der Waals surface area contributed by atoms with Crippen molar-refractivity contribution in [3.05, 3.63) is 40.2 Å². The van der Waals surface area contributed by atoms with Crippen molar-refractivity contribution >= 4 is 10.9 Å². The van der Waals surface area contributed by atoms with Crippen LogP contribution < -0.4 is 5.56 Å². The molecule has 0 aliphatic rings. The lowest BCUT2D eigenvalue weighted by molar-refractivity contribution is 0.475. The fourth-order valence-electron chi connectivity index (χ4n) is 2.00. The molecule has 1 heterocycles. The molecule has 0 radical (unpaired) electrons. The van der Waals surface area contributed by atoms with E-state index in [9.17, 15) is 9.90 Å². The topological polar surface area (TPSA) is 42.2 Å². The highest BCUT2D eigenvalue weighted by atomic mass is 16.3. The summed E-state index contributed by atoms with van der Waals surface area (Å²) in [5.41, 5.74) is 1.87. The second-order valence-electron chi connectivity index (χ2n) is 4.36. The molecule has 3 heteroatoms. The fraction of sp³-hybridized carbons (Fsp3) is 0.308. The number of aromatic nitrogens is 1. The van der Waals surface area contributed by atoms with Crippen LogP contribution in [-0.4, -0.2) is 9.67 Å². The minimum atomic E-state index is -0.0277. The highest BCUT2D eigenvalue weighted by Gasteiger charge is 2.10. The number of aryl methyl sites for hydroxylation is 1. The molecule has 0 saturated carbocycles. The van der Waals surface area contributed by atoms with Gasteiger partial charge in [-0.2, -0.15) is 0 Å². The third-order valence-corrected chi connectivity index (χ3v) is 2.85. The number of rotatable bonds is 1. The first-order valence-electron chi connectivity index (χ1n) is 5.33. The Kier molecular flexibility index (Phi) is 2.46. The minimum absolute atomic E-state index is 0.0277. The van der Waals surface area contributed by atoms with Crippen LogP contribution in [0.4, 0.5) is 0 Å². The Labute approximate surface area is 94.0 Å². The summed E-state index contributed by atoms with van der Waals surface area (Å²) in [7, 11) is 1.76. The molecule has 0 bridgehead atoms. The molecule has 0 amide bonds. The summed E-state index contributed by atoms with van der Waals surface area (Å²) in [6.45, 7) is 4.09. The summed E-state index contributed by atoms with van der Waals surface area (Å²) in [4.78, 5) is 11.6. The monoisotopic (exact) mass is 217 g/mol. The van der Waals surface area contributed by atoms with Gasteiger partial charge in [0.15, 0.2) is 0 Å². The molecule has 2 aromatic rings. The zero-order valence-corrected chi connectivity index (χ0v) is 9.69. The van der Waals surface area contributed by atoms with Crippen LogP contribution in [-0.2, 0) is 7.05 Å². The normalized spacial score (nSPS) is 11.2. The maximum absolute atomic E-state index is 11.6. The molecule has 1 aromatic carbocycles. The lowest BCUT2D eigenvalue weighted by Gasteiger charge is -2.13. The first kappa shape index (κ1) is 10.7. The Bertz CT molecular complexity index is 597. The summed E-state index contributed by atoms with van der Waals surface area (Å²) < 4.78 is 1.63. The van der Waals surface area contributed by atoms with Crippen molar-refractivity contribution in [1.29, 1.82) is 0 Å². The van der Waals surface area contributed by atoms with E-state index in [-0.39, 0.29) is 17.2 Å². The van der Waals surface area contributed by atoms with Crippen LogP contribution in [0.2, 0.25) is 0 Å². The molecule has 1 N–H and O–H groups in total. The van der Waals surface area contributed by atoms with Crippen LogP contribution in [0.1, 0.15) is 25.3 Å². The molecular formula is C13H15NO2. The molecule has 0 saturated heterocycles. The van der Waals surface area contributed by atoms with E-state index in [1.807, 2.05) is 13.8 Å². The van der Waals surface area contributed by atoms with Crippen molar-refractivity contribution in [2.24, 2.45) is 7.05 Å². The molecule has 0 spiro atoms. The Balaban J connectivity index is 2.97. The number of hydrogen-bond donors (Lipinski definition) is 1. The van der Waals surface area contributed by atoms with E-state index in [4.69, 9.17) is 0 Å². The van der Waals surface area contributed by atoms with Crippen molar-refractivity contribution < 1.29 is 5.11 Å². The van der Waals surface area contributed by atoms with Crippen molar-refractivity contribution in [1.82, 2.24) is 4.57 Å². The van der Waals surface area contributed by atoms with Gasteiger partial charge in [0, 0.05) is 18.5 Å². The Morgan fingerprint density at radius 1 is 1.25 bits per heavy atom. The van der Waals surface area contributed by atoms with Gasteiger partial charge in [-0.05, 0) is 29.7 Å². The molecule has 0 aliphatic carbocycles. The third-order valence-electron chi connectivity index (χ3n) is 2.85. The molecule has 16 heavy (non-hydrogen) atoms. The number of fused-ring (bicyclic) bond motifs is 1. The van der Waals surface area contributed by atoms with Gasteiger partial charge in [0.2, 0.25) is 0 Å². The Morgan fingerprint density at radius 2 is 1.94 bits per heavy atom. The standard InChI is InChI=1S/C13H15NO2/c1-8(2)11-7-10(15)6-9-4-5-12(16)14(3)13(9)11/h4-8,15H,1-3H3. The van der Waals surface area contributed by atoms with Gasteiger partial charge in [-0.3, -0.25) is 4.79 Å². The summed E-state index contributed by atoms with van der Waals surface area (Å²) in [6.07, 6.45) is 0. The van der Waals surface area contributed by atoms with E-state index in [0.717, 1.165) is 16.5 Å². The van der Waals surface area contributed by atoms with Crippen molar-refractivity contribution in [3.8, 4) is 5.75 Å². The van der Waals surface area contributed by atoms with Crippen LogP contribution in [0, 0.1) is 0 Å². The van der Waals surface area contributed by atoms with Crippen LogP contribution in [0.25, 0.3) is 10.9 Å². The number of pyridine rings is 1. The molecule has 3 nitrogen and oxygen atoms in total. The summed E-state index contributed by atoms with van der Waals surface area (Å²) in [6, 6.07) is 6.68. The van der Waals surface area contributed by atoms with E-state index in [2.05, 4.69) is 0 Å². The third kappa shape index (κ3) is 1.58. The van der Waals surface area contributed by atoms with E-state index in [0.29, 0.717) is 0 Å². The Morgan fingerprint density at radius 3 is 2.56 bits per heavy atom. The van der Waals surface area contributed by atoms with Crippen LogP contribution >= 0.6 is 0 Å². The number of aromatic hydroxyl groups is 1. The molecule has 0 fully saturated rings. The zero-order valence-electron chi connectivity index (χ0n) is 9.69. The van der Waals surface area contributed by atoms with Gasteiger partial charge in [0.25, 0.3) is 5.56 Å². The lowest BCUT2D eigenvalue weighted by atomic mass is 9.99. The molecule has 84 valence electrons. The maximum Gasteiger partial charge on any atom is 0.250 e. The van der Waals surface area contributed by atoms with Crippen LogP contribution in [0.5, 0.6) is 5.75 Å². The lowest BCUT2D eigenvalue weighted by Crippen LogP contribution is -2.16. The molecule has 0 unspecified atom stereocenters. The van der Waals surface area contributed by atoms with Crippen molar-refractivity contribution in [3.63, 3.8) is 0 Å². The number of benzene rings is 1. The van der Waals surface area contributed by atoms with Crippen molar-refractivity contribution in [2.45, 2.75) is 19.8 Å². The molecular weight excluding hydrogens is 202 g/mol. The number of hydrogen-bond acceptors (Lipinski definition) is 2. The van der Waals surface area contributed by atoms with E-state index in [1.165, 1.54) is 6.07 Å². The van der Waals surface area contributed by atoms with Gasteiger partial charge in [0.05, 0.1) is 5.52 Å². The van der Waals surface area contributed by atoms with Gasteiger partial charge in [-0.15, -0.1) is 0 Å². The average Bonchev–Trinajstić information content (AvgIpc) is 2.22. The van der Waals surface area contributed by atoms with Gasteiger partial charge in [-0.25, -0.2) is 0 Å². The smallest absolute Gasteiger partial charge is 0.250 e.